The number of benzene rings is 2. The minimum Gasteiger partial charge on any atom is -0.398 e. The van der Waals surface area contributed by atoms with Crippen molar-refractivity contribution in [3.63, 3.8) is 0 Å². The van der Waals surface area contributed by atoms with E-state index in [1.54, 1.807) is 13.0 Å². The molecule has 0 spiro atoms. The summed E-state index contributed by atoms with van der Waals surface area (Å²) in [6.07, 6.45) is 0. The summed E-state index contributed by atoms with van der Waals surface area (Å²) in [5.41, 5.74) is 6.88. The minimum absolute atomic E-state index is 0.0775. The molecule has 0 heterocycles. The zero-order valence-corrected chi connectivity index (χ0v) is 12.9. The molecular formula is C13H12BrFN2O2S. The molecule has 2 aromatic carbocycles. The lowest BCUT2D eigenvalue weighted by atomic mass is 10.2. The second kappa shape index (κ2) is 5.41. The van der Waals surface area contributed by atoms with Crippen LogP contribution in [-0.4, -0.2) is 8.42 Å². The van der Waals surface area contributed by atoms with Gasteiger partial charge in [0.25, 0.3) is 10.0 Å². The molecular weight excluding hydrogens is 347 g/mol. The lowest BCUT2D eigenvalue weighted by molar-refractivity contribution is 0.600. The van der Waals surface area contributed by atoms with E-state index in [-0.39, 0.29) is 10.6 Å². The Hall–Kier alpha value is -1.60. The fourth-order valence-corrected chi connectivity index (χ4v) is 3.67. The second-order valence-electron chi connectivity index (χ2n) is 4.23. The molecule has 0 saturated carbocycles. The van der Waals surface area contributed by atoms with Gasteiger partial charge < -0.3 is 5.73 Å². The molecule has 0 aliphatic rings. The Labute approximate surface area is 125 Å². The third kappa shape index (κ3) is 3.10. The van der Waals surface area contributed by atoms with E-state index in [2.05, 4.69) is 20.7 Å². The molecule has 0 saturated heterocycles. The van der Waals surface area contributed by atoms with Crippen molar-refractivity contribution in [3.05, 3.63) is 52.3 Å². The first-order chi connectivity index (χ1) is 9.29. The molecule has 0 fully saturated rings. The van der Waals surface area contributed by atoms with Crippen molar-refractivity contribution >= 4 is 37.3 Å². The average Bonchev–Trinajstić information content (AvgIpc) is 2.36. The van der Waals surface area contributed by atoms with Gasteiger partial charge in [-0.2, -0.15) is 0 Å². The lowest BCUT2D eigenvalue weighted by Gasteiger charge is -2.12. The first-order valence-electron chi connectivity index (χ1n) is 5.63. The van der Waals surface area contributed by atoms with Crippen LogP contribution in [0.4, 0.5) is 15.8 Å². The van der Waals surface area contributed by atoms with Gasteiger partial charge in [-0.15, -0.1) is 0 Å². The van der Waals surface area contributed by atoms with Crippen LogP contribution in [-0.2, 0) is 10.0 Å². The van der Waals surface area contributed by atoms with Crippen molar-refractivity contribution in [2.24, 2.45) is 0 Å². The van der Waals surface area contributed by atoms with E-state index in [1.165, 1.54) is 30.3 Å². The molecule has 0 unspecified atom stereocenters. The number of nitrogen functional groups attached to an aromatic ring is 1. The van der Waals surface area contributed by atoms with Crippen LogP contribution in [0.2, 0.25) is 0 Å². The van der Waals surface area contributed by atoms with E-state index in [0.29, 0.717) is 15.7 Å². The quantitative estimate of drug-likeness (QED) is 0.827. The van der Waals surface area contributed by atoms with Gasteiger partial charge in [0.15, 0.2) is 0 Å². The van der Waals surface area contributed by atoms with Crippen molar-refractivity contribution in [2.45, 2.75) is 11.8 Å². The summed E-state index contributed by atoms with van der Waals surface area (Å²) >= 11 is 3.21. The van der Waals surface area contributed by atoms with Gasteiger partial charge in [-0.05, 0) is 48.9 Å². The van der Waals surface area contributed by atoms with Crippen LogP contribution in [0, 0.1) is 12.7 Å². The molecule has 20 heavy (non-hydrogen) atoms. The Morgan fingerprint density at radius 1 is 1.20 bits per heavy atom. The van der Waals surface area contributed by atoms with E-state index in [9.17, 15) is 12.8 Å². The topological polar surface area (TPSA) is 72.2 Å². The molecule has 2 aromatic rings. The molecule has 3 N–H and O–H groups in total. The Balaban J connectivity index is 2.43. The summed E-state index contributed by atoms with van der Waals surface area (Å²) in [5.74, 6) is -0.434. The second-order valence-corrected chi connectivity index (χ2v) is 6.80. The Bertz CT molecular complexity index is 746. The first-order valence-corrected chi connectivity index (χ1v) is 7.91. The van der Waals surface area contributed by atoms with Gasteiger partial charge in [-0.3, -0.25) is 4.72 Å². The standard InChI is InChI=1S/C13H12BrFN2O2S/c1-8-12(16)6-9(14)7-13(8)20(18,19)17-11-4-2-10(15)3-5-11/h2-7,17H,16H2,1H3. The predicted molar refractivity (Wildman–Crippen MR) is 80.5 cm³/mol. The van der Waals surface area contributed by atoms with Gasteiger partial charge in [-0.25, -0.2) is 12.8 Å². The molecule has 0 radical (unpaired) electrons. The van der Waals surface area contributed by atoms with E-state index < -0.39 is 15.8 Å². The number of hydrogen-bond donors (Lipinski definition) is 2. The highest BCUT2D eigenvalue weighted by molar-refractivity contribution is 9.10. The Morgan fingerprint density at radius 2 is 1.80 bits per heavy atom. The fourth-order valence-electron chi connectivity index (χ4n) is 1.68. The lowest BCUT2D eigenvalue weighted by Crippen LogP contribution is -2.15. The van der Waals surface area contributed by atoms with Gasteiger partial charge in [0.1, 0.15) is 5.82 Å². The SMILES string of the molecule is Cc1c(N)cc(Br)cc1S(=O)(=O)Nc1ccc(F)cc1. The molecule has 2 rings (SSSR count). The van der Waals surface area contributed by atoms with Gasteiger partial charge in [0.05, 0.1) is 4.90 Å². The summed E-state index contributed by atoms with van der Waals surface area (Å²) in [7, 11) is -3.78. The van der Waals surface area contributed by atoms with Crippen LogP contribution in [0.1, 0.15) is 5.56 Å². The number of sulfonamides is 1. The third-order valence-corrected chi connectivity index (χ3v) is 4.72. The summed E-state index contributed by atoms with van der Waals surface area (Å²) in [5, 5.41) is 0. The Kier molecular flexibility index (Phi) is 4.01. The van der Waals surface area contributed by atoms with Crippen LogP contribution >= 0.6 is 15.9 Å². The smallest absolute Gasteiger partial charge is 0.262 e. The first kappa shape index (κ1) is 14.8. The van der Waals surface area contributed by atoms with Crippen LogP contribution in [0.25, 0.3) is 0 Å². The number of rotatable bonds is 3. The Morgan fingerprint density at radius 3 is 2.40 bits per heavy atom. The highest BCUT2D eigenvalue weighted by Gasteiger charge is 2.19. The molecule has 0 aliphatic carbocycles. The maximum atomic E-state index is 12.8. The normalized spacial score (nSPS) is 11.3. The minimum atomic E-state index is -3.78. The molecule has 0 bridgehead atoms. The van der Waals surface area contributed by atoms with Crippen molar-refractivity contribution in [2.75, 3.05) is 10.5 Å². The highest BCUT2D eigenvalue weighted by atomic mass is 79.9. The zero-order valence-electron chi connectivity index (χ0n) is 10.5. The molecule has 0 aliphatic heterocycles. The van der Waals surface area contributed by atoms with E-state index in [0.717, 1.165) is 0 Å². The highest BCUT2D eigenvalue weighted by Crippen LogP contribution is 2.27. The van der Waals surface area contributed by atoms with E-state index in [1.807, 2.05) is 0 Å². The number of anilines is 2. The van der Waals surface area contributed by atoms with Crippen molar-refractivity contribution < 1.29 is 12.8 Å². The zero-order chi connectivity index (χ0) is 14.9. The molecule has 106 valence electrons. The monoisotopic (exact) mass is 358 g/mol. The number of nitrogens with two attached hydrogens (primary N) is 1. The van der Waals surface area contributed by atoms with Crippen molar-refractivity contribution in [1.29, 1.82) is 0 Å². The summed E-state index contributed by atoms with van der Waals surface area (Å²) in [4.78, 5) is 0.0775. The van der Waals surface area contributed by atoms with Crippen LogP contribution in [0.3, 0.4) is 0 Å². The number of halogens is 2. The van der Waals surface area contributed by atoms with Crippen LogP contribution < -0.4 is 10.5 Å². The summed E-state index contributed by atoms with van der Waals surface area (Å²) in [6, 6.07) is 8.16. The fraction of sp³-hybridized carbons (Fsp3) is 0.0769. The van der Waals surface area contributed by atoms with Gasteiger partial charge in [0.2, 0.25) is 0 Å². The summed E-state index contributed by atoms with van der Waals surface area (Å²) < 4.78 is 40.4. The molecule has 0 atom stereocenters. The largest absolute Gasteiger partial charge is 0.398 e. The number of nitrogens with one attached hydrogen (secondary N) is 1. The maximum Gasteiger partial charge on any atom is 0.262 e. The predicted octanol–water partition coefficient (Wildman–Crippen LogP) is 3.28. The van der Waals surface area contributed by atoms with Crippen molar-refractivity contribution in [1.82, 2.24) is 0 Å². The maximum absolute atomic E-state index is 12.8. The molecule has 0 aromatic heterocycles. The van der Waals surface area contributed by atoms with Gasteiger partial charge >= 0.3 is 0 Å². The number of hydrogen-bond acceptors (Lipinski definition) is 3. The van der Waals surface area contributed by atoms with E-state index >= 15 is 0 Å². The third-order valence-electron chi connectivity index (χ3n) is 2.75. The van der Waals surface area contributed by atoms with Crippen LogP contribution in [0.15, 0.2) is 45.8 Å². The van der Waals surface area contributed by atoms with Gasteiger partial charge in [0, 0.05) is 15.8 Å². The van der Waals surface area contributed by atoms with E-state index in [4.69, 9.17) is 5.73 Å². The van der Waals surface area contributed by atoms with Crippen molar-refractivity contribution in [3.8, 4) is 0 Å². The molecule has 7 heteroatoms. The summed E-state index contributed by atoms with van der Waals surface area (Å²) in [6.45, 7) is 1.63. The molecule has 0 amide bonds. The van der Waals surface area contributed by atoms with Crippen LogP contribution in [0.5, 0.6) is 0 Å². The van der Waals surface area contributed by atoms with Gasteiger partial charge in [-0.1, -0.05) is 15.9 Å². The molecule has 4 nitrogen and oxygen atoms in total. The average molecular weight is 359 g/mol.